The van der Waals surface area contributed by atoms with Crippen LogP contribution in [-0.4, -0.2) is 37.5 Å². The number of rotatable bonds is 5. The van der Waals surface area contributed by atoms with Crippen molar-refractivity contribution in [1.29, 1.82) is 0 Å². The molecule has 1 saturated carbocycles. The van der Waals surface area contributed by atoms with Crippen LogP contribution in [0.15, 0.2) is 0 Å². The molecule has 94 valence electrons. The van der Waals surface area contributed by atoms with Crippen molar-refractivity contribution >= 4 is 5.91 Å². The third-order valence-corrected chi connectivity index (χ3v) is 3.35. The average Bonchev–Trinajstić information content (AvgIpc) is 2.52. The number of nitrogens with one attached hydrogen (secondary N) is 1. The Labute approximate surface area is 99.6 Å². The zero-order valence-corrected chi connectivity index (χ0v) is 10.8. The van der Waals surface area contributed by atoms with Crippen molar-refractivity contribution in [2.24, 2.45) is 0 Å². The molecular weight excluding hydrogens is 200 g/mol. The Bertz CT molecular complexity index is 196. The molecule has 1 rings (SSSR count). The average molecular weight is 226 g/mol. The smallest absolute Gasteiger partial charge is 0.222 e. The molecule has 1 fully saturated rings. The normalized spacial score (nSPS) is 18.1. The van der Waals surface area contributed by atoms with E-state index in [-0.39, 0.29) is 5.91 Å². The number of amides is 1. The van der Waals surface area contributed by atoms with E-state index in [1.54, 1.807) is 4.90 Å². The molecule has 0 heterocycles. The molecule has 1 aliphatic rings. The first kappa shape index (κ1) is 13.5. The predicted octanol–water partition coefficient (Wildman–Crippen LogP) is 2.17. The van der Waals surface area contributed by atoms with Crippen LogP contribution in [0.4, 0.5) is 0 Å². The summed E-state index contributed by atoms with van der Waals surface area (Å²) in [6, 6.07) is 0.706. The molecule has 0 aromatic carbocycles. The van der Waals surface area contributed by atoms with Crippen molar-refractivity contribution in [2.75, 3.05) is 20.6 Å². The monoisotopic (exact) mass is 226 g/mol. The molecule has 3 nitrogen and oxygen atoms in total. The lowest BCUT2D eigenvalue weighted by Crippen LogP contribution is -2.30. The molecule has 1 aliphatic carbocycles. The molecule has 0 atom stereocenters. The van der Waals surface area contributed by atoms with E-state index in [1.807, 2.05) is 14.1 Å². The fourth-order valence-electron chi connectivity index (χ4n) is 2.25. The van der Waals surface area contributed by atoms with Gasteiger partial charge in [0, 0.05) is 26.6 Å². The van der Waals surface area contributed by atoms with Gasteiger partial charge in [0.1, 0.15) is 0 Å². The van der Waals surface area contributed by atoms with E-state index in [0.717, 1.165) is 13.0 Å². The highest BCUT2D eigenvalue weighted by molar-refractivity contribution is 5.75. The molecule has 3 heteroatoms. The fourth-order valence-corrected chi connectivity index (χ4v) is 2.25. The minimum absolute atomic E-state index is 0.239. The highest BCUT2D eigenvalue weighted by Gasteiger charge is 2.11. The van der Waals surface area contributed by atoms with Gasteiger partial charge in [0.2, 0.25) is 5.91 Å². The summed E-state index contributed by atoms with van der Waals surface area (Å²) in [6.45, 7) is 0.990. The molecule has 0 aromatic rings. The summed E-state index contributed by atoms with van der Waals surface area (Å²) < 4.78 is 0. The first-order valence-electron chi connectivity index (χ1n) is 6.63. The van der Waals surface area contributed by atoms with Gasteiger partial charge < -0.3 is 10.2 Å². The van der Waals surface area contributed by atoms with Crippen LogP contribution in [0.5, 0.6) is 0 Å². The molecular formula is C13H26N2O. The second-order valence-corrected chi connectivity index (χ2v) is 5.03. The van der Waals surface area contributed by atoms with Crippen LogP contribution in [0.1, 0.15) is 51.4 Å². The van der Waals surface area contributed by atoms with Crippen LogP contribution >= 0.6 is 0 Å². The first-order chi connectivity index (χ1) is 7.70. The Morgan fingerprint density at radius 3 is 2.38 bits per heavy atom. The van der Waals surface area contributed by atoms with Gasteiger partial charge in [-0.25, -0.2) is 0 Å². The van der Waals surface area contributed by atoms with Gasteiger partial charge in [-0.1, -0.05) is 25.7 Å². The van der Waals surface area contributed by atoms with Crippen molar-refractivity contribution < 1.29 is 4.79 Å². The van der Waals surface area contributed by atoms with E-state index >= 15 is 0 Å². The lowest BCUT2D eigenvalue weighted by molar-refractivity contribution is -0.128. The van der Waals surface area contributed by atoms with Crippen LogP contribution in [-0.2, 0) is 4.79 Å². The van der Waals surface area contributed by atoms with Gasteiger partial charge in [-0.15, -0.1) is 0 Å². The van der Waals surface area contributed by atoms with E-state index in [2.05, 4.69) is 5.32 Å². The number of hydrogen-bond acceptors (Lipinski definition) is 2. The standard InChI is InChI=1S/C13H26N2O/c1-15(2)13(16)10-7-11-14-12-8-5-3-4-6-9-12/h12,14H,3-11H2,1-2H3. The van der Waals surface area contributed by atoms with Crippen molar-refractivity contribution in [3.63, 3.8) is 0 Å². The van der Waals surface area contributed by atoms with Crippen LogP contribution in [0, 0.1) is 0 Å². The van der Waals surface area contributed by atoms with E-state index in [0.29, 0.717) is 12.5 Å². The summed E-state index contributed by atoms with van der Waals surface area (Å²) in [5.41, 5.74) is 0. The Morgan fingerprint density at radius 2 is 1.81 bits per heavy atom. The maximum Gasteiger partial charge on any atom is 0.222 e. The van der Waals surface area contributed by atoms with Gasteiger partial charge >= 0.3 is 0 Å². The summed E-state index contributed by atoms with van der Waals surface area (Å²) in [4.78, 5) is 13.0. The van der Waals surface area contributed by atoms with Crippen LogP contribution in [0.3, 0.4) is 0 Å². The molecule has 0 spiro atoms. The number of nitrogens with zero attached hydrogens (tertiary/aromatic N) is 1. The maximum absolute atomic E-state index is 11.3. The zero-order valence-electron chi connectivity index (χ0n) is 10.8. The molecule has 0 bridgehead atoms. The third-order valence-electron chi connectivity index (χ3n) is 3.35. The maximum atomic E-state index is 11.3. The highest BCUT2D eigenvalue weighted by atomic mass is 16.2. The van der Waals surface area contributed by atoms with Gasteiger partial charge in [0.15, 0.2) is 0 Å². The van der Waals surface area contributed by atoms with Crippen molar-refractivity contribution in [1.82, 2.24) is 10.2 Å². The summed E-state index contributed by atoms with van der Waals surface area (Å²) in [5.74, 6) is 0.239. The Morgan fingerprint density at radius 1 is 1.19 bits per heavy atom. The summed E-state index contributed by atoms with van der Waals surface area (Å²) >= 11 is 0. The topological polar surface area (TPSA) is 32.3 Å². The predicted molar refractivity (Wildman–Crippen MR) is 67.4 cm³/mol. The Hall–Kier alpha value is -0.570. The van der Waals surface area contributed by atoms with E-state index < -0.39 is 0 Å². The minimum Gasteiger partial charge on any atom is -0.349 e. The van der Waals surface area contributed by atoms with Crippen molar-refractivity contribution in [2.45, 2.75) is 57.4 Å². The second-order valence-electron chi connectivity index (χ2n) is 5.03. The van der Waals surface area contributed by atoms with E-state index in [4.69, 9.17) is 0 Å². The molecule has 0 aromatic heterocycles. The Kier molecular flexibility index (Phi) is 6.46. The number of carbonyl (C=O) groups excluding carboxylic acids is 1. The van der Waals surface area contributed by atoms with E-state index in [9.17, 15) is 4.79 Å². The van der Waals surface area contributed by atoms with Crippen LogP contribution < -0.4 is 5.32 Å². The molecule has 1 N–H and O–H groups in total. The summed E-state index contributed by atoms with van der Waals surface area (Å²) in [6.07, 6.45) is 9.82. The number of carbonyl (C=O) groups is 1. The summed E-state index contributed by atoms with van der Waals surface area (Å²) in [5, 5.41) is 3.59. The SMILES string of the molecule is CN(C)C(=O)CCCNC1CCCCCC1. The van der Waals surface area contributed by atoms with Gasteiger partial charge in [0.05, 0.1) is 0 Å². The highest BCUT2D eigenvalue weighted by Crippen LogP contribution is 2.17. The van der Waals surface area contributed by atoms with Crippen LogP contribution in [0.25, 0.3) is 0 Å². The second kappa shape index (κ2) is 7.66. The molecule has 0 unspecified atom stereocenters. The molecule has 0 aliphatic heterocycles. The van der Waals surface area contributed by atoms with Gasteiger partial charge in [0.25, 0.3) is 0 Å². The minimum atomic E-state index is 0.239. The van der Waals surface area contributed by atoms with Crippen molar-refractivity contribution in [3.8, 4) is 0 Å². The zero-order chi connectivity index (χ0) is 11.8. The third kappa shape index (κ3) is 5.50. The lowest BCUT2D eigenvalue weighted by atomic mass is 10.1. The number of hydrogen-bond donors (Lipinski definition) is 1. The quantitative estimate of drug-likeness (QED) is 0.575. The fraction of sp³-hybridized carbons (Fsp3) is 0.923. The van der Waals surface area contributed by atoms with E-state index in [1.165, 1.54) is 38.5 Å². The molecule has 16 heavy (non-hydrogen) atoms. The first-order valence-corrected chi connectivity index (χ1v) is 6.63. The summed E-state index contributed by atoms with van der Waals surface area (Å²) in [7, 11) is 3.64. The van der Waals surface area contributed by atoms with Gasteiger partial charge in [-0.3, -0.25) is 4.79 Å². The van der Waals surface area contributed by atoms with Crippen molar-refractivity contribution in [3.05, 3.63) is 0 Å². The van der Waals surface area contributed by atoms with Gasteiger partial charge in [-0.2, -0.15) is 0 Å². The van der Waals surface area contributed by atoms with Crippen LogP contribution in [0.2, 0.25) is 0 Å². The Balaban J connectivity index is 2.03. The van der Waals surface area contributed by atoms with Gasteiger partial charge in [-0.05, 0) is 25.8 Å². The molecule has 0 saturated heterocycles. The lowest BCUT2D eigenvalue weighted by Gasteiger charge is -2.16. The molecule has 0 radical (unpaired) electrons. The molecule has 1 amide bonds. The largest absolute Gasteiger partial charge is 0.349 e.